The third kappa shape index (κ3) is 3.25. The second kappa shape index (κ2) is 5.43. The predicted molar refractivity (Wildman–Crippen MR) is 67.3 cm³/mol. The van der Waals surface area contributed by atoms with E-state index in [1.807, 2.05) is 11.8 Å². The van der Waals surface area contributed by atoms with E-state index < -0.39 is 10.0 Å². The fourth-order valence-corrected chi connectivity index (χ4v) is 4.02. The highest BCUT2D eigenvalue weighted by atomic mass is 32.2. The molecule has 0 spiro atoms. The minimum Gasteiger partial charge on any atom is -0.447 e. The Morgan fingerprint density at radius 1 is 1.53 bits per heavy atom. The molecule has 5 nitrogen and oxygen atoms in total. The Hall–Kier alpha value is -0.500. The van der Waals surface area contributed by atoms with Gasteiger partial charge in [-0.3, -0.25) is 0 Å². The van der Waals surface area contributed by atoms with Crippen molar-refractivity contribution in [3.05, 3.63) is 17.9 Å². The van der Waals surface area contributed by atoms with Crippen LogP contribution in [0.15, 0.2) is 21.6 Å². The molecule has 1 unspecified atom stereocenters. The Labute approximate surface area is 105 Å². The third-order valence-corrected chi connectivity index (χ3v) is 5.32. The van der Waals surface area contributed by atoms with Gasteiger partial charge >= 0.3 is 0 Å². The first-order valence-electron chi connectivity index (χ1n) is 5.52. The van der Waals surface area contributed by atoms with Gasteiger partial charge in [0.05, 0.1) is 6.54 Å². The summed E-state index contributed by atoms with van der Waals surface area (Å²) in [7, 11) is -3.52. The second-order valence-electron chi connectivity index (χ2n) is 3.91. The number of thioether (sulfide) groups is 1. The van der Waals surface area contributed by atoms with Crippen LogP contribution in [0.1, 0.15) is 18.6 Å². The standard InChI is InChI=1S/C10H16N2O3S2/c11-6-8-3-4-10(15-8)17(13,14)12-7-9-2-1-5-16-9/h3-4,9,12H,1-2,5-7,11H2. The number of furan rings is 1. The summed E-state index contributed by atoms with van der Waals surface area (Å²) in [6.45, 7) is 0.666. The van der Waals surface area contributed by atoms with Crippen molar-refractivity contribution < 1.29 is 12.8 Å². The van der Waals surface area contributed by atoms with Crippen LogP contribution < -0.4 is 10.5 Å². The molecular weight excluding hydrogens is 260 g/mol. The molecule has 0 aromatic carbocycles. The van der Waals surface area contributed by atoms with Crippen LogP contribution in [0.3, 0.4) is 0 Å². The molecule has 0 bridgehead atoms. The first kappa shape index (κ1) is 12.9. The zero-order valence-corrected chi connectivity index (χ0v) is 11.0. The molecule has 17 heavy (non-hydrogen) atoms. The summed E-state index contributed by atoms with van der Waals surface area (Å²) < 4.78 is 31.4. The van der Waals surface area contributed by atoms with Crippen molar-refractivity contribution in [1.29, 1.82) is 0 Å². The lowest BCUT2D eigenvalue weighted by Crippen LogP contribution is -2.29. The Morgan fingerprint density at radius 2 is 2.35 bits per heavy atom. The summed E-state index contributed by atoms with van der Waals surface area (Å²) in [6, 6.07) is 3.02. The molecule has 1 fully saturated rings. The van der Waals surface area contributed by atoms with Gasteiger partial charge in [-0.25, -0.2) is 13.1 Å². The van der Waals surface area contributed by atoms with Crippen molar-refractivity contribution in [3.63, 3.8) is 0 Å². The Morgan fingerprint density at radius 3 is 2.94 bits per heavy atom. The largest absolute Gasteiger partial charge is 0.447 e. The van der Waals surface area contributed by atoms with Crippen molar-refractivity contribution >= 4 is 21.8 Å². The Balaban J connectivity index is 1.97. The van der Waals surface area contributed by atoms with Gasteiger partial charge in [0, 0.05) is 11.8 Å². The fraction of sp³-hybridized carbons (Fsp3) is 0.600. The zero-order chi connectivity index (χ0) is 12.3. The molecule has 1 aromatic rings. The third-order valence-electron chi connectivity index (χ3n) is 2.63. The van der Waals surface area contributed by atoms with Crippen LogP contribution >= 0.6 is 11.8 Å². The molecule has 2 rings (SSSR count). The first-order valence-corrected chi connectivity index (χ1v) is 8.05. The predicted octanol–water partition coefficient (Wildman–Crippen LogP) is 0.912. The lowest BCUT2D eigenvalue weighted by Gasteiger charge is -2.09. The van der Waals surface area contributed by atoms with Gasteiger partial charge in [-0.1, -0.05) is 0 Å². The zero-order valence-electron chi connectivity index (χ0n) is 9.39. The highest BCUT2D eigenvalue weighted by Gasteiger charge is 2.22. The summed E-state index contributed by atoms with van der Waals surface area (Å²) in [6.07, 6.45) is 2.23. The molecule has 3 N–H and O–H groups in total. The summed E-state index contributed by atoms with van der Waals surface area (Å²) in [4.78, 5) is 0. The van der Waals surface area contributed by atoms with Gasteiger partial charge in [0.15, 0.2) is 0 Å². The smallest absolute Gasteiger partial charge is 0.273 e. The molecule has 0 radical (unpaired) electrons. The average Bonchev–Trinajstić information content (AvgIpc) is 2.98. The van der Waals surface area contributed by atoms with E-state index in [1.165, 1.54) is 6.07 Å². The maximum atomic E-state index is 11.9. The highest BCUT2D eigenvalue weighted by Crippen LogP contribution is 2.25. The van der Waals surface area contributed by atoms with Crippen LogP contribution in [0.25, 0.3) is 0 Å². The van der Waals surface area contributed by atoms with Crippen molar-refractivity contribution in [1.82, 2.24) is 4.72 Å². The van der Waals surface area contributed by atoms with Gasteiger partial charge in [-0.2, -0.15) is 11.8 Å². The molecule has 0 amide bonds. The molecule has 1 atom stereocenters. The molecule has 0 aliphatic carbocycles. The van der Waals surface area contributed by atoms with Crippen molar-refractivity contribution in [2.75, 3.05) is 12.3 Å². The van der Waals surface area contributed by atoms with Gasteiger partial charge in [-0.05, 0) is 30.7 Å². The van der Waals surface area contributed by atoms with Gasteiger partial charge in [0.2, 0.25) is 5.09 Å². The topological polar surface area (TPSA) is 85.3 Å². The minimum absolute atomic E-state index is 0.0547. The van der Waals surface area contributed by atoms with Crippen LogP contribution in [0, 0.1) is 0 Å². The highest BCUT2D eigenvalue weighted by molar-refractivity contribution is 8.00. The number of sulfonamides is 1. The van der Waals surface area contributed by atoms with Gasteiger partial charge < -0.3 is 10.2 Å². The molecule has 1 saturated heterocycles. The maximum Gasteiger partial charge on any atom is 0.273 e. The fourth-order valence-electron chi connectivity index (χ4n) is 1.69. The molecular formula is C10H16N2O3S2. The molecule has 1 aliphatic heterocycles. The monoisotopic (exact) mass is 276 g/mol. The van der Waals surface area contributed by atoms with Gasteiger partial charge in [0.1, 0.15) is 5.76 Å². The first-order chi connectivity index (χ1) is 8.12. The van der Waals surface area contributed by atoms with E-state index in [0.29, 0.717) is 17.6 Å². The number of nitrogens with two attached hydrogens (primary N) is 1. The Kier molecular flexibility index (Phi) is 4.13. The summed E-state index contributed by atoms with van der Waals surface area (Å²) in [5, 5.41) is 0.328. The van der Waals surface area contributed by atoms with E-state index in [0.717, 1.165) is 18.6 Å². The lowest BCUT2D eigenvalue weighted by atomic mass is 10.2. The van der Waals surface area contributed by atoms with Crippen LogP contribution in [0.2, 0.25) is 0 Å². The van der Waals surface area contributed by atoms with Crippen LogP contribution in [-0.2, 0) is 16.6 Å². The van der Waals surface area contributed by atoms with Crippen LogP contribution in [0.5, 0.6) is 0 Å². The number of rotatable bonds is 5. The van der Waals surface area contributed by atoms with Crippen molar-refractivity contribution in [2.45, 2.75) is 29.7 Å². The number of hydrogen-bond donors (Lipinski definition) is 2. The molecule has 96 valence electrons. The molecule has 7 heteroatoms. The molecule has 1 aromatic heterocycles. The van der Waals surface area contributed by atoms with Crippen molar-refractivity contribution in [2.24, 2.45) is 5.73 Å². The number of hydrogen-bond acceptors (Lipinski definition) is 5. The second-order valence-corrected chi connectivity index (χ2v) is 7.02. The van der Waals surface area contributed by atoms with E-state index in [4.69, 9.17) is 10.2 Å². The van der Waals surface area contributed by atoms with Crippen LogP contribution in [0.4, 0.5) is 0 Å². The van der Waals surface area contributed by atoms with E-state index in [-0.39, 0.29) is 11.6 Å². The van der Waals surface area contributed by atoms with E-state index in [2.05, 4.69) is 4.72 Å². The maximum absolute atomic E-state index is 11.9. The SMILES string of the molecule is NCc1ccc(S(=O)(=O)NCC2CCCS2)o1. The Bertz CT molecular complexity index is 464. The average molecular weight is 276 g/mol. The lowest BCUT2D eigenvalue weighted by molar-refractivity contribution is 0.413. The van der Waals surface area contributed by atoms with E-state index in [9.17, 15) is 8.42 Å². The molecule has 2 heterocycles. The summed E-state index contributed by atoms with van der Waals surface area (Å²) in [5.41, 5.74) is 5.37. The van der Waals surface area contributed by atoms with E-state index >= 15 is 0 Å². The normalized spacial score (nSPS) is 20.9. The summed E-state index contributed by atoms with van der Waals surface area (Å²) in [5.74, 6) is 1.59. The van der Waals surface area contributed by atoms with Crippen molar-refractivity contribution in [3.8, 4) is 0 Å². The van der Waals surface area contributed by atoms with Gasteiger partial charge in [-0.15, -0.1) is 0 Å². The molecule has 0 saturated carbocycles. The van der Waals surface area contributed by atoms with Crippen LogP contribution in [-0.4, -0.2) is 26.0 Å². The van der Waals surface area contributed by atoms with Gasteiger partial charge in [0.25, 0.3) is 10.0 Å². The van der Waals surface area contributed by atoms with E-state index in [1.54, 1.807) is 6.07 Å². The minimum atomic E-state index is -3.52. The summed E-state index contributed by atoms with van der Waals surface area (Å²) >= 11 is 1.81. The quantitative estimate of drug-likeness (QED) is 0.835. The molecule has 1 aliphatic rings. The number of nitrogens with one attached hydrogen (secondary N) is 1.